The lowest BCUT2D eigenvalue weighted by Crippen LogP contribution is -2.50. The molecule has 0 aromatic rings. The Kier molecular flexibility index (Phi) is 16.1. The van der Waals surface area contributed by atoms with Crippen molar-refractivity contribution < 1.29 is 129 Å². The molecule has 5 rings (SSSR count). The minimum atomic E-state index is -1.99. The molecule has 56 heavy (non-hydrogen) atoms. The van der Waals surface area contributed by atoms with E-state index in [9.17, 15) is 86.8 Å². The van der Waals surface area contributed by atoms with Crippen molar-refractivity contribution in [2.24, 2.45) is 0 Å². The van der Waals surface area contributed by atoms with Crippen molar-refractivity contribution in [2.75, 3.05) is 33.0 Å². The van der Waals surface area contributed by atoms with Gasteiger partial charge < -0.3 is 129 Å². The summed E-state index contributed by atoms with van der Waals surface area (Å²) in [5.41, 5.74) is 0. The first-order chi connectivity index (χ1) is 26.5. The number of aliphatic hydroxyl groups excluding tert-OH is 17. The first-order valence-corrected chi connectivity index (χ1v) is 17.6. The zero-order chi connectivity index (χ0) is 41.3. The monoisotopic (exact) mass is 828 g/mol. The van der Waals surface area contributed by atoms with Crippen molar-refractivity contribution >= 4 is 0 Å². The third-order valence-corrected chi connectivity index (χ3v) is 10.2. The summed E-state index contributed by atoms with van der Waals surface area (Å²) in [6.45, 7) is -4.74. The molecular weight excluding hydrogens is 776 g/mol. The van der Waals surface area contributed by atoms with E-state index in [0.29, 0.717) is 0 Å². The smallest absolute Gasteiger partial charge is 0.187 e. The van der Waals surface area contributed by atoms with Crippen molar-refractivity contribution in [1.82, 2.24) is 0 Å². The van der Waals surface area contributed by atoms with E-state index >= 15 is 0 Å². The Balaban J connectivity index is 1.42. The molecule has 0 amide bonds. The van der Waals surface area contributed by atoms with Gasteiger partial charge in [-0.2, -0.15) is 0 Å². The summed E-state index contributed by atoms with van der Waals surface area (Å²) in [6.07, 6.45) is -45.7. The van der Waals surface area contributed by atoms with E-state index in [1.165, 1.54) is 0 Å². The van der Waals surface area contributed by atoms with Gasteiger partial charge in [0, 0.05) is 0 Å². The molecule has 0 saturated carbocycles. The highest BCUT2D eigenvalue weighted by Crippen LogP contribution is 2.39. The quantitative estimate of drug-likeness (QED) is 0.0610. The van der Waals surface area contributed by atoms with Crippen molar-refractivity contribution in [2.45, 2.75) is 154 Å². The van der Waals surface area contributed by atoms with Crippen LogP contribution in [0.25, 0.3) is 0 Å². The number of hydrogen-bond donors (Lipinski definition) is 17. The van der Waals surface area contributed by atoms with Crippen LogP contribution in [0.2, 0.25) is 0 Å². The SMILES string of the molecule is OC[C@@H](O)[C@@H]1O[C@@H](O)[C@H](O[C@@H]2O[C@@H]([C@H](O)CO)[C@H](O)[C@H]2O[C@H]2O[C@H]([C@H](O)CO)[C@@H](O)[C@@H]2O[C@@H]2O[C@@H]([C@@H](O)CO)[C@H](O)[C@H]2O[C@H]2O[C@H]([C@@H](O)CO)[C@@H](O)[C@@H]2O)[C@H]1O. The highest BCUT2D eigenvalue weighted by atomic mass is 16.8. The summed E-state index contributed by atoms with van der Waals surface area (Å²) in [6, 6.07) is 0. The molecule has 5 aliphatic rings. The first-order valence-electron chi connectivity index (χ1n) is 17.6. The normalized spacial score (nSPS) is 48.4. The fraction of sp³-hybridized carbons (Fsp3) is 1.00. The average molecular weight is 829 g/mol. The number of hydrogen-bond acceptors (Lipinski definition) is 26. The van der Waals surface area contributed by atoms with Crippen molar-refractivity contribution in [1.29, 1.82) is 0 Å². The molecule has 26 heteroatoms. The standard InChI is InChI=1S/C30H52O26/c31-1-6(36)17-11(41)12(42)27(49-17)54-23-14(44)19(8(38)3-33)51-29(23)56-25-16(46)21(10(40)5-35)52-30(25)55-24-15(45)20(9(39)4-34)50-28(24)53-22-13(43)18(7(37)2-32)48-26(22)47/h6-47H,1-5H2/t6-,7+,8-,9+,10+,11-,12-,13-,14-,15-,16+,17+,18-,19-,20-,21+,22+,23+,24+,25-,26+,27+,28-,29-,30+/m0/s1. The molecule has 0 spiro atoms. The lowest BCUT2D eigenvalue weighted by atomic mass is 10.0. The maximum absolute atomic E-state index is 11.3. The zero-order valence-electron chi connectivity index (χ0n) is 29.2. The minimum absolute atomic E-state index is 0.892. The van der Waals surface area contributed by atoms with Crippen LogP contribution in [0.3, 0.4) is 0 Å². The Morgan fingerprint density at radius 3 is 0.911 bits per heavy atom. The molecule has 5 saturated heterocycles. The largest absolute Gasteiger partial charge is 0.394 e. The van der Waals surface area contributed by atoms with Crippen LogP contribution in [0.4, 0.5) is 0 Å². The van der Waals surface area contributed by atoms with Gasteiger partial charge in [0.25, 0.3) is 0 Å². The lowest BCUT2D eigenvalue weighted by Gasteiger charge is -2.32. The van der Waals surface area contributed by atoms with Gasteiger partial charge in [0.15, 0.2) is 31.5 Å². The second-order valence-electron chi connectivity index (χ2n) is 14.0. The molecule has 0 bridgehead atoms. The molecule has 26 nitrogen and oxygen atoms in total. The van der Waals surface area contributed by atoms with E-state index in [4.69, 9.17) is 42.6 Å². The third-order valence-electron chi connectivity index (χ3n) is 10.2. The van der Waals surface area contributed by atoms with Crippen LogP contribution in [-0.4, -0.2) is 273 Å². The second-order valence-corrected chi connectivity index (χ2v) is 14.0. The Labute approximate surface area is 316 Å². The van der Waals surface area contributed by atoms with Crippen LogP contribution in [0.15, 0.2) is 0 Å². The second kappa shape index (κ2) is 19.6. The number of rotatable bonds is 18. The van der Waals surface area contributed by atoms with Gasteiger partial charge in [0.2, 0.25) is 0 Å². The molecule has 0 unspecified atom stereocenters. The van der Waals surface area contributed by atoms with Gasteiger partial charge in [-0.15, -0.1) is 0 Å². The van der Waals surface area contributed by atoms with E-state index < -0.39 is 187 Å². The number of ether oxygens (including phenoxy) is 9. The van der Waals surface area contributed by atoms with Gasteiger partial charge in [-0.05, 0) is 0 Å². The van der Waals surface area contributed by atoms with E-state index in [2.05, 4.69) is 0 Å². The van der Waals surface area contributed by atoms with Gasteiger partial charge in [0.05, 0.1) is 33.0 Å². The highest BCUT2D eigenvalue weighted by molar-refractivity contribution is 5.00. The fourth-order valence-corrected chi connectivity index (χ4v) is 7.08. The van der Waals surface area contributed by atoms with Crippen LogP contribution in [-0.2, 0) is 42.6 Å². The van der Waals surface area contributed by atoms with Crippen LogP contribution in [0, 0.1) is 0 Å². The summed E-state index contributed by atoms with van der Waals surface area (Å²) >= 11 is 0. The predicted molar refractivity (Wildman–Crippen MR) is 167 cm³/mol. The Hall–Kier alpha value is -1.04. The summed E-state index contributed by atoms with van der Waals surface area (Å²) in [7, 11) is 0. The third kappa shape index (κ3) is 9.16. The van der Waals surface area contributed by atoms with E-state index in [-0.39, 0.29) is 0 Å². The minimum Gasteiger partial charge on any atom is -0.394 e. The predicted octanol–water partition coefficient (Wildman–Crippen LogP) is -11.9. The maximum atomic E-state index is 11.3. The summed E-state index contributed by atoms with van der Waals surface area (Å²) in [4.78, 5) is 0. The molecule has 25 atom stereocenters. The Morgan fingerprint density at radius 1 is 0.321 bits per heavy atom. The van der Waals surface area contributed by atoms with Gasteiger partial charge in [-0.25, -0.2) is 0 Å². The van der Waals surface area contributed by atoms with Crippen LogP contribution < -0.4 is 0 Å². The molecule has 0 aromatic heterocycles. The van der Waals surface area contributed by atoms with Gasteiger partial charge in [-0.1, -0.05) is 0 Å². The van der Waals surface area contributed by atoms with Crippen LogP contribution >= 0.6 is 0 Å². The summed E-state index contributed by atoms with van der Waals surface area (Å²) in [5.74, 6) is 0. The summed E-state index contributed by atoms with van der Waals surface area (Å²) in [5, 5.41) is 174. The first kappa shape index (κ1) is 46.0. The van der Waals surface area contributed by atoms with Gasteiger partial charge in [-0.3, -0.25) is 0 Å². The average Bonchev–Trinajstić information content (AvgIpc) is 3.94. The highest BCUT2D eigenvalue weighted by Gasteiger charge is 2.59. The van der Waals surface area contributed by atoms with Crippen molar-refractivity contribution in [3.05, 3.63) is 0 Å². The maximum Gasteiger partial charge on any atom is 0.187 e. The molecule has 0 radical (unpaired) electrons. The Bertz CT molecular complexity index is 1210. The molecule has 5 fully saturated rings. The molecular formula is C30H52O26. The van der Waals surface area contributed by atoms with Crippen molar-refractivity contribution in [3.63, 3.8) is 0 Å². The Morgan fingerprint density at radius 2 is 0.571 bits per heavy atom. The van der Waals surface area contributed by atoms with E-state index in [0.717, 1.165) is 0 Å². The fourth-order valence-electron chi connectivity index (χ4n) is 7.08. The van der Waals surface area contributed by atoms with Gasteiger partial charge >= 0.3 is 0 Å². The van der Waals surface area contributed by atoms with Crippen LogP contribution in [0.5, 0.6) is 0 Å². The van der Waals surface area contributed by atoms with E-state index in [1.54, 1.807) is 0 Å². The van der Waals surface area contributed by atoms with E-state index in [1.807, 2.05) is 0 Å². The molecule has 328 valence electrons. The lowest BCUT2D eigenvalue weighted by molar-refractivity contribution is -0.300. The molecule has 0 aliphatic carbocycles. The molecule has 17 N–H and O–H groups in total. The molecule has 5 heterocycles. The summed E-state index contributed by atoms with van der Waals surface area (Å²) < 4.78 is 50.4. The van der Waals surface area contributed by atoms with Gasteiger partial charge in [0.1, 0.15) is 122 Å². The zero-order valence-corrected chi connectivity index (χ0v) is 29.2. The molecule has 0 aromatic carbocycles. The number of aliphatic hydroxyl groups is 17. The molecule has 5 aliphatic heterocycles. The van der Waals surface area contributed by atoms with Crippen LogP contribution in [0.1, 0.15) is 0 Å². The topological polar surface area (TPSA) is 427 Å². The van der Waals surface area contributed by atoms with Crippen molar-refractivity contribution in [3.8, 4) is 0 Å².